The zero-order valence-corrected chi connectivity index (χ0v) is 18.1. The quantitative estimate of drug-likeness (QED) is 0.388. The van der Waals surface area contributed by atoms with E-state index in [9.17, 15) is 0 Å². The van der Waals surface area contributed by atoms with Crippen LogP contribution in [0.1, 0.15) is 0 Å². The molecule has 2 aromatic heterocycles. The molecule has 30 heavy (non-hydrogen) atoms. The van der Waals surface area contributed by atoms with E-state index in [2.05, 4.69) is 43.1 Å². The van der Waals surface area contributed by atoms with Gasteiger partial charge in [0, 0.05) is 22.2 Å². The standard InChI is InChI=1S/C22H24Cl2N4O2/c23-17-1-3-19-21(13-17)27-7-11-30-12-8-28-16-26(6-10-29-9-5-25(19)15-27)20-4-2-18(24)14-22(20)28/h1-4,13-16H,5-12H2/q+2. The number of nitrogens with zero attached hydrogens (tertiary/aromatic N) is 4. The summed E-state index contributed by atoms with van der Waals surface area (Å²) in [7, 11) is 0. The Morgan fingerprint density at radius 2 is 1.13 bits per heavy atom. The van der Waals surface area contributed by atoms with Crippen molar-refractivity contribution in [2.75, 3.05) is 26.4 Å². The molecule has 0 saturated carbocycles. The minimum Gasteiger partial charge on any atom is -0.373 e. The van der Waals surface area contributed by atoms with Gasteiger partial charge in [0.05, 0.1) is 26.4 Å². The number of fused-ring (bicyclic) bond motifs is 10. The maximum atomic E-state index is 6.24. The van der Waals surface area contributed by atoms with Gasteiger partial charge in [0.25, 0.3) is 0 Å². The highest BCUT2D eigenvalue weighted by molar-refractivity contribution is 6.31. The Labute approximate surface area is 184 Å². The van der Waals surface area contributed by atoms with Crippen molar-refractivity contribution in [3.8, 4) is 0 Å². The second-order valence-electron chi connectivity index (χ2n) is 7.50. The zero-order chi connectivity index (χ0) is 20.5. The van der Waals surface area contributed by atoms with E-state index >= 15 is 0 Å². The molecule has 5 rings (SSSR count). The Morgan fingerprint density at radius 1 is 0.667 bits per heavy atom. The number of halogens is 2. The zero-order valence-electron chi connectivity index (χ0n) is 16.6. The van der Waals surface area contributed by atoms with Crippen LogP contribution in [0.3, 0.4) is 0 Å². The molecule has 0 fully saturated rings. The fourth-order valence-electron chi connectivity index (χ4n) is 4.09. The molecule has 1 aliphatic rings. The summed E-state index contributed by atoms with van der Waals surface area (Å²) in [6.07, 6.45) is 4.25. The lowest BCUT2D eigenvalue weighted by Gasteiger charge is -2.03. The number of benzene rings is 2. The van der Waals surface area contributed by atoms with Crippen molar-refractivity contribution in [2.24, 2.45) is 0 Å². The van der Waals surface area contributed by atoms with Crippen molar-refractivity contribution in [1.82, 2.24) is 9.13 Å². The monoisotopic (exact) mass is 446 g/mol. The van der Waals surface area contributed by atoms with Crippen LogP contribution in [0.15, 0.2) is 49.1 Å². The van der Waals surface area contributed by atoms with Gasteiger partial charge in [-0.15, -0.1) is 0 Å². The van der Waals surface area contributed by atoms with Crippen LogP contribution in [-0.4, -0.2) is 35.6 Å². The summed E-state index contributed by atoms with van der Waals surface area (Å²) in [6.45, 7) is 5.66. The van der Waals surface area contributed by atoms with Crippen molar-refractivity contribution in [3.05, 3.63) is 59.1 Å². The Bertz CT molecular complexity index is 1110. The van der Waals surface area contributed by atoms with Gasteiger partial charge in [-0.2, -0.15) is 0 Å². The van der Waals surface area contributed by atoms with Crippen LogP contribution in [0.5, 0.6) is 0 Å². The first kappa shape index (κ1) is 19.8. The van der Waals surface area contributed by atoms with E-state index < -0.39 is 0 Å². The summed E-state index contributed by atoms with van der Waals surface area (Å²) in [6, 6.07) is 12.0. The maximum Gasteiger partial charge on any atom is 0.244 e. The highest BCUT2D eigenvalue weighted by atomic mass is 35.5. The number of ether oxygens (including phenoxy) is 2. The number of hydrogen-bond donors (Lipinski definition) is 0. The lowest BCUT2D eigenvalue weighted by atomic mass is 10.3. The molecule has 4 aromatic rings. The second-order valence-corrected chi connectivity index (χ2v) is 8.37. The van der Waals surface area contributed by atoms with Gasteiger partial charge in [0.1, 0.15) is 26.2 Å². The Hall–Kier alpha value is -2.12. The number of aromatic nitrogens is 4. The van der Waals surface area contributed by atoms with Gasteiger partial charge in [-0.05, 0) is 24.3 Å². The van der Waals surface area contributed by atoms with Gasteiger partial charge in [-0.1, -0.05) is 23.2 Å². The highest BCUT2D eigenvalue weighted by Crippen LogP contribution is 2.19. The Morgan fingerprint density at radius 3 is 1.63 bits per heavy atom. The molecule has 156 valence electrons. The third kappa shape index (κ3) is 3.93. The molecular weight excluding hydrogens is 423 g/mol. The van der Waals surface area contributed by atoms with Gasteiger partial charge >= 0.3 is 0 Å². The minimum absolute atomic E-state index is 0.632. The van der Waals surface area contributed by atoms with E-state index in [0.717, 1.165) is 58.3 Å². The molecule has 0 radical (unpaired) electrons. The van der Waals surface area contributed by atoms with E-state index in [1.54, 1.807) is 0 Å². The largest absolute Gasteiger partial charge is 0.373 e. The number of imidazole rings is 2. The molecule has 8 heteroatoms. The predicted octanol–water partition coefficient (Wildman–Crippen LogP) is 3.22. The summed E-state index contributed by atoms with van der Waals surface area (Å²) in [5.74, 6) is 0. The topological polar surface area (TPSA) is 36.1 Å². The molecule has 4 bridgehead atoms. The fourth-order valence-corrected chi connectivity index (χ4v) is 4.43. The minimum atomic E-state index is 0.632. The van der Waals surface area contributed by atoms with Crippen LogP contribution >= 0.6 is 23.2 Å². The van der Waals surface area contributed by atoms with Crippen LogP contribution in [0.4, 0.5) is 0 Å². The molecule has 2 aromatic carbocycles. The van der Waals surface area contributed by atoms with Gasteiger partial charge in [-0.3, -0.25) is 0 Å². The maximum absolute atomic E-state index is 6.24. The molecule has 0 amide bonds. The molecular formula is C22H24Cl2N4O2+2. The molecule has 0 spiro atoms. The average molecular weight is 447 g/mol. The van der Waals surface area contributed by atoms with Crippen LogP contribution in [-0.2, 0) is 35.7 Å². The van der Waals surface area contributed by atoms with Crippen molar-refractivity contribution in [2.45, 2.75) is 26.2 Å². The molecule has 0 N–H and O–H groups in total. The smallest absolute Gasteiger partial charge is 0.244 e. The van der Waals surface area contributed by atoms with Crippen LogP contribution < -0.4 is 9.13 Å². The fraction of sp³-hybridized carbons (Fsp3) is 0.364. The van der Waals surface area contributed by atoms with Crippen molar-refractivity contribution in [3.63, 3.8) is 0 Å². The number of rotatable bonds is 0. The van der Waals surface area contributed by atoms with Crippen LogP contribution in [0, 0.1) is 0 Å². The molecule has 0 atom stereocenters. The molecule has 6 nitrogen and oxygen atoms in total. The van der Waals surface area contributed by atoms with Crippen LogP contribution in [0.2, 0.25) is 10.0 Å². The first-order valence-electron chi connectivity index (χ1n) is 10.2. The van der Waals surface area contributed by atoms with Gasteiger partial charge in [0.2, 0.25) is 12.7 Å². The predicted molar refractivity (Wildman–Crippen MR) is 116 cm³/mol. The average Bonchev–Trinajstić information content (AvgIpc) is 3.24. The van der Waals surface area contributed by atoms with Gasteiger partial charge in [-0.25, -0.2) is 18.3 Å². The molecule has 0 unspecified atom stereocenters. The third-order valence-corrected chi connectivity index (χ3v) is 6.05. The molecule has 3 heterocycles. The van der Waals surface area contributed by atoms with Crippen molar-refractivity contribution in [1.29, 1.82) is 0 Å². The summed E-state index contributed by atoms with van der Waals surface area (Å²) < 4.78 is 20.8. The summed E-state index contributed by atoms with van der Waals surface area (Å²) in [5, 5.41) is 1.48. The molecule has 1 aliphatic heterocycles. The molecule has 0 aliphatic carbocycles. The Kier molecular flexibility index (Phi) is 5.65. The van der Waals surface area contributed by atoms with Gasteiger partial charge < -0.3 is 9.47 Å². The summed E-state index contributed by atoms with van der Waals surface area (Å²) in [5.41, 5.74) is 4.53. The first-order valence-corrected chi connectivity index (χ1v) is 11.0. The first-order chi connectivity index (χ1) is 14.7. The second kappa shape index (κ2) is 8.55. The van der Waals surface area contributed by atoms with E-state index in [-0.39, 0.29) is 0 Å². The summed E-state index contributed by atoms with van der Waals surface area (Å²) >= 11 is 12.5. The SMILES string of the molecule is Clc1ccc2c(c1)n1c[n+]2CCOCC[n+]2cn(c3cc(Cl)ccc32)CCOCC1. The van der Waals surface area contributed by atoms with E-state index in [4.69, 9.17) is 32.7 Å². The number of hydrogen-bond acceptors (Lipinski definition) is 2. The van der Waals surface area contributed by atoms with Crippen LogP contribution in [0.25, 0.3) is 22.1 Å². The Balaban J connectivity index is 1.41. The lowest BCUT2D eigenvalue weighted by molar-refractivity contribution is -0.681. The highest BCUT2D eigenvalue weighted by Gasteiger charge is 2.18. The van der Waals surface area contributed by atoms with Crippen molar-refractivity contribution >= 4 is 45.3 Å². The van der Waals surface area contributed by atoms with Crippen molar-refractivity contribution < 1.29 is 18.6 Å². The normalized spacial score (nSPS) is 16.3. The van der Waals surface area contributed by atoms with E-state index in [1.807, 2.05) is 24.3 Å². The third-order valence-electron chi connectivity index (χ3n) is 5.58. The summed E-state index contributed by atoms with van der Waals surface area (Å²) in [4.78, 5) is 0. The lowest BCUT2D eigenvalue weighted by Crippen LogP contribution is -2.37. The molecule has 0 saturated heterocycles. The van der Waals surface area contributed by atoms with E-state index in [1.165, 1.54) is 0 Å². The van der Waals surface area contributed by atoms with E-state index in [0.29, 0.717) is 26.4 Å². The van der Waals surface area contributed by atoms with Gasteiger partial charge in [0.15, 0.2) is 22.1 Å².